The van der Waals surface area contributed by atoms with Gasteiger partial charge >= 0.3 is 6.09 Å². The summed E-state index contributed by atoms with van der Waals surface area (Å²) >= 11 is 1.48. The second-order valence-corrected chi connectivity index (χ2v) is 9.46. The zero-order chi connectivity index (χ0) is 24.4. The molecule has 2 amide bonds. The Kier molecular flexibility index (Phi) is 6.71. The monoisotopic (exact) mass is 494 g/mol. The summed E-state index contributed by atoms with van der Waals surface area (Å²) in [5.74, 6) is 0.888. The zero-order valence-corrected chi connectivity index (χ0v) is 20.0. The van der Waals surface area contributed by atoms with Gasteiger partial charge in [-0.1, -0.05) is 0 Å². The van der Waals surface area contributed by atoms with Crippen LogP contribution in [0.4, 0.5) is 16.2 Å². The molecule has 11 heteroatoms. The summed E-state index contributed by atoms with van der Waals surface area (Å²) in [7, 11) is 1.58. The molecule has 1 saturated heterocycles. The van der Waals surface area contributed by atoms with Gasteiger partial charge < -0.3 is 25.8 Å². The predicted octanol–water partition coefficient (Wildman–Crippen LogP) is 2.17. The number of pyridine rings is 2. The molecule has 3 aromatic rings. The first-order chi connectivity index (χ1) is 17.0. The Hall–Kier alpha value is -3.41. The van der Waals surface area contributed by atoms with Crippen molar-refractivity contribution in [3.63, 3.8) is 0 Å². The number of rotatable bonds is 8. The van der Waals surface area contributed by atoms with Crippen LogP contribution in [-0.4, -0.2) is 66.6 Å². The van der Waals surface area contributed by atoms with Gasteiger partial charge in [0.1, 0.15) is 6.10 Å². The molecule has 4 N–H and O–H groups in total. The molecule has 2 aromatic heterocycles. The Morgan fingerprint density at radius 1 is 1.31 bits per heavy atom. The van der Waals surface area contributed by atoms with Gasteiger partial charge in [-0.2, -0.15) is 0 Å². The van der Waals surface area contributed by atoms with Gasteiger partial charge in [-0.15, -0.1) is 11.8 Å². The fourth-order valence-electron chi connectivity index (χ4n) is 4.20. The van der Waals surface area contributed by atoms with Gasteiger partial charge in [0.25, 0.3) is 0 Å². The van der Waals surface area contributed by atoms with E-state index in [4.69, 9.17) is 15.2 Å². The summed E-state index contributed by atoms with van der Waals surface area (Å²) in [5, 5.41) is 6.17. The van der Waals surface area contributed by atoms with Crippen LogP contribution in [0, 0.1) is 0 Å². The van der Waals surface area contributed by atoms with Crippen LogP contribution in [0.2, 0.25) is 0 Å². The van der Waals surface area contributed by atoms with E-state index < -0.39 is 6.09 Å². The third kappa shape index (κ3) is 5.16. The van der Waals surface area contributed by atoms with Gasteiger partial charge in [0.15, 0.2) is 0 Å². The van der Waals surface area contributed by atoms with Crippen molar-refractivity contribution < 1.29 is 19.1 Å². The maximum atomic E-state index is 12.5. The number of thioether (sulfide) groups is 1. The highest BCUT2D eigenvalue weighted by atomic mass is 32.2. The van der Waals surface area contributed by atoms with Crippen molar-refractivity contribution in [2.45, 2.75) is 23.5 Å². The summed E-state index contributed by atoms with van der Waals surface area (Å²) < 4.78 is 10.8. The van der Waals surface area contributed by atoms with E-state index in [1.54, 1.807) is 24.3 Å². The molecule has 0 radical (unpaired) electrons. The van der Waals surface area contributed by atoms with E-state index in [-0.39, 0.29) is 18.1 Å². The number of carbonyl (C=O) groups is 2. The highest BCUT2D eigenvalue weighted by Gasteiger charge is 2.32. The van der Waals surface area contributed by atoms with Crippen LogP contribution in [0.15, 0.2) is 47.5 Å². The summed E-state index contributed by atoms with van der Waals surface area (Å²) in [6.07, 6.45) is 1.66. The SMILES string of the molecule is COc1ccc2nccc(C[C@@H](N)CNCC3CN(c4ccc5c(c4)NC(=O)CS5)C(=O)O3)c2n1. The normalized spacial score (nSPS) is 18.2. The quantitative estimate of drug-likeness (QED) is 0.431. The predicted molar refractivity (Wildman–Crippen MR) is 134 cm³/mol. The van der Waals surface area contributed by atoms with E-state index in [1.807, 2.05) is 30.3 Å². The van der Waals surface area contributed by atoms with Crippen molar-refractivity contribution in [2.24, 2.45) is 5.73 Å². The van der Waals surface area contributed by atoms with Crippen molar-refractivity contribution in [1.82, 2.24) is 15.3 Å². The van der Waals surface area contributed by atoms with Gasteiger partial charge in [-0.3, -0.25) is 14.7 Å². The van der Waals surface area contributed by atoms with Crippen LogP contribution >= 0.6 is 11.8 Å². The summed E-state index contributed by atoms with van der Waals surface area (Å²) in [4.78, 5) is 35.6. The molecule has 0 aliphatic carbocycles. The van der Waals surface area contributed by atoms with Crippen LogP contribution in [0.3, 0.4) is 0 Å². The first-order valence-corrected chi connectivity index (χ1v) is 12.3. The molecule has 35 heavy (non-hydrogen) atoms. The number of nitrogens with one attached hydrogen (secondary N) is 2. The number of nitrogens with zero attached hydrogens (tertiary/aromatic N) is 3. The molecule has 10 nitrogen and oxygen atoms in total. The first-order valence-electron chi connectivity index (χ1n) is 11.3. The lowest BCUT2D eigenvalue weighted by molar-refractivity contribution is -0.113. The standard InChI is InChI=1S/C24H26N6O4S/c1-33-22-5-3-18-23(29-22)14(6-7-27-18)8-15(25)10-26-11-17-12-30(24(32)34-17)16-2-4-20-19(9-16)28-21(31)13-35-20/h2-7,9,15,17,26H,8,10-13,25H2,1H3,(H,28,31)/t15-,17?/m1/s1. The topological polar surface area (TPSA) is 132 Å². The highest BCUT2D eigenvalue weighted by molar-refractivity contribution is 8.00. The van der Waals surface area contributed by atoms with Crippen LogP contribution in [0.5, 0.6) is 5.88 Å². The van der Waals surface area contributed by atoms with E-state index in [9.17, 15) is 9.59 Å². The molecule has 0 bridgehead atoms. The zero-order valence-electron chi connectivity index (χ0n) is 19.2. The van der Waals surface area contributed by atoms with Gasteiger partial charge in [-0.25, -0.2) is 9.78 Å². The number of cyclic esters (lactones) is 1. The molecule has 1 aromatic carbocycles. The number of anilines is 2. The average molecular weight is 495 g/mol. The minimum absolute atomic E-state index is 0.0447. The Bertz CT molecular complexity index is 1270. The molecule has 2 atom stereocenters. The molecule has 4 heterocycles. The Morgan fingerprint density at radius 2 is 2.20 bits per heavy atom. The minimum atomic E-state index is -0.404. The molecule has 1 fully saturated rings. The van der Waals surface area contributed by atoms with Gasteiger partial charge in [-0.05, 0) is 42.3 Å². The average Bonchev–Trinajstić information content (AvgIpc) is 3.23. The van der Waals surface area contributed by atoms with E-state index >= 15 is 0 Å². The van der Waals surface area contributed by atoms with E-state index in [0.717, 1.165) is 27.2 Å². The van der Waals surface area contributed by atoms with Crippen LogP contribution in [-0.2, 0) is 16.0 Å². The summed E-state index contributed by atoms with van der Waals surface area (Å²) in [6.45, 7) is 1.44. The number of aromatic nitrogens is 2. The molecule has 5 rings (SSSR count). The fraction of sp³-hybridized carbons (Fsp3) is 0.333. The lowest BCUT2D eigenvalue weighted by Crippen LogP contribution is -2.40. The molecule has 0 spiro atoms. The van der Waals surface area contributed by atoms with Gasteiger partial charge in [0.05, 0.1) is 36.1 Å². The first kappa shape index (κ1) is 23.3. The second-order valence-electron chi connectivity index (χ2n) is 8.45. The number of methoxy groups -OCH3 is 1. The van der Waals surface area contributed by atoms with Crippen LogP contribution in [0.1, 0.15) is 5.56 Å². The van der Waals surface area contributed by atoms with Crippen molar-refractivity contribution in [2.75, 3.05) is 42.7 Å². The smallest absolute Gasteiger partial charge is 0.414 e. The number of amides is 2. The largest absolute Gasteiger partial charge is 0.481 e. The molecule has 2 aliphatic rings. The molecule has 182 valence electrons. The van der Waals surface area contributed by atoms with Gasteiger partial charge in [0, 0.05) is 42.0 Å². The van der Waals surface area contributed by atoms with Crippen molar-refractivity contribution >= 4 is 46.2 Å². The number of hydrogen-bond acceptors (Lipinski definition) is 9. The third-order valence-electron chi connectivity index (χ3n) is 5.89. The lowest BCUT2D eigenvalue weighted by atomic mass is 10.1. The minimum Gasteiger partial charge on any atom is -0.481 e. The lowest BCUT2D eigenvalue weighted by Gasteiger charge is -2.20. The van der Waals surface area contributed by atoms with E-state index in [0.29, 0.717) is 43.4 Å². The van der Waals surface area contributed by atoms with Gasteiger partial charge in [0.2, 0.25) is 11.8 Å². The number of nitrogens with two attached hydrogens (primary N) is 1. The second kappa shape index (κ2) is 10.1. The van der Waals surface area contributed by atoms with E-state index in [2.05, 4.69) is 20.6 Å². The third-order valence-corrected chi connectivity index (χ3v) is 6.97. The number of hydrogen-bond donors (Lipinski definition) is 3. The molecule has 2 aliphatic heterocycles. The number of fused-ring (bicyclic) bond motifs is 2. The van der Waals surface area contributed by atoms with Crippen molar-refractivity contribution in [1.29, 1.82) is 0 Å². The summed E-state index contributed by atoms with van der Waals surface area (Å²) in [6, 6.07) is 11.0. The molecular formula is C24H26N6O4S. The highest BCUT2D eigenvalue weighted by Crippen LogP contribution is 2.35. The Morgan fingerprint density at radius 3 is 3.06 bits per heavy atom. The molecule has 0 saturated carbocycles. The Labute approximate surface area is 206 Å². The fourth-order valence-corrected chi connectivity index (χ4v) is 4.99. The number of benzene rings is 1. The van der Waals surface area contributed by atoms with Crippen molar-refractivity contribution in [3.05, 3.63) is 48.2 Å². The summed E-state index contributed by atoms with van der Waals surface area (Å²) in [5.41, 5.74) is 10.4. The number of carbonyl (C=O) groups excluding carboxylic acids is 2. The molecular weight excluding hydrogens is 468 g/mol. The van der Waals surface area contributed by atoms with E-state index in [1.165, 1.54) is 11.8 Å². The number of ether oxygens (including phenoxy) is 2. The maximum absolute atomic E-state index is 12.5. The van der Waals surface area contributed by atoms with Crippen LogP contribution in [0.25, 0.3) is 11.0 Å². The van der Waals surface area contributed by atoms with Crippen molar-refractivity contribution in [3.8, 4) is 5.88 Å². The molecule has 1 unspecified atom stereocenters. The Balaban J connectivity index is 1.15. The van der Waals surface area contributed by atoms with Crippen LogP contribution < -0.4 is 26.0 Å². The maximum Gasteiger partial charge on any atom is 0.414 e.